The van der Waals surface area contributed by atoms with E-state index in [1.807, 2.05) is 19.1 Å². The molecule has 29 heavy (non-hydrogen) atoms. The highest BCUT2D eigenvalue weighted by Gasteiger charge is 2.24. The molecule has 2 aromatic heterocycles. The lowest BCUT2D eigenvalue weighted by Crippen LogP contribution is -2.44. The molecule has 1 saturated heterocycles. The first-order chi connectivity index (χ1) is 13.9. The van der Waals surface area contributed by atoms with E-state index >= 15 is 0 Å². The molecule has 8 heteroatoms. The largest absolute Gasteiger partial charge is 0.349 e. The van der Waals surface area contributed by atoms with Gasteiger partial charge in [-0.2, -0.15) is 0 Å². The zero-order valence-corrected chi connectivity index (χ0v) is 18.0. The van der Waals surface area contributed by atoms with E-state index in [2.05, 4.69) is 27.3 Å². The SMILES string of the molecule is Cc1c(C(=O)NC2CCN(Cc3ccc(Cl)cc3)CC2)sc2ncn(C)c(=O)c12. The molecule has 1 N–H and O–H groups in total. The van der Waals surface area contributed by atoms with E-state index < -0.39 is 0 Å². The first kappa shape index (κ1) is 20.1. The maximum absolute atomic E-state index is 12.8. The molecule has 0 spiro atoms. The van der Waals surface area contributed by atoms with Gasteiger partial charge in [-0.05, 0) is 43.0 Å². The van der Waals surface area contributed by atoms with Crippen molar-refractivity contribution in [2.24, 2.45) is 7.05 Å². The summed E-state index contributed by atoms with van der Waals surface area (Å²) in [6.45, 7) is 4.58. The van der Waals surface area contributed by atoms with Gasteiger partial charge >= 0.3 is 0 Å². The minimum Gasteiger partial charge on any atom is -0.349 e. The number of piperidine rings is 1. The quantitative estimate of drug-likeness (QED) is 0.689. The first-order valence-electron chi connectivity index (χ1n) is 9.65. The second kappa shape index (κ2) is 8.26. The number of carbonyl (C=O) groups excluding carboxylic acids is 1. The zero-order chi connectivity index (χ0) is 20.5. The summed E-state index contributed by atoms with van der Waals surface area (Å²) in [5.41, 5.74) is 1.85. The topological polar surface area (TPSA) is 67.2 Å². The molecule has 0 bridgehead atoms. The van der Waals surface area contributed by atoms with Crippen LogP contribution in [-0.2, 0) is 13.6 Å². The molecule has 6 nitrogen and oxygen atoms in total. The minimum absolute atomic E-state index is 0.108. The Labute approximate surface area is 178 Å². The second-order valence-electron chi connectivity index (χ2n) is 7.55. The number of likely N-dealkylation sites (tertiary alicyclic amines) is 1. The number of benzene rings is 1. The van der Waals surface area contributed by atoms with E-state index in [-0.39, 0.29) is 17.5 Å². The van der Waals surface area contributed by atoms with E-state index in [4.69, 9.17) is 11.6 Å². The van der Waals surface area contributed by atoms with Crippen molar-refractivity contribution in [2.45, 2.75) is 32.4 Å². The third kappa shape index (κ3) is 4.22. The smallest absolute Gasteiger partial charge is 0.262 e. The third-order valence-electron chi connectivity index (χ3n) is 5.46. The van der Waals surface area contributed by atoms with E-state index in [1.165, 1.54) is 27.8 Å². The van der Waals surface area contributed by atoms with E-state index in [1.54, 1.807) is 7.05 Å². The molecule has 0 unspecified atom stereocenters. The number of thiophene rings is 1. The van der Waals surface area contributed by atoms with Crippen molar-refractivity contribution >= 4 is 39.1 Å². The van der Waals surface area contributed by atoms with Gasteiger partial charge in [0.05, 0.1) is 16.6 Å². The van der Waals surface area contributed by atoms with Crippen LogP contribution in [0.5, 0.6) is 0 Å². The fourth-order valence-corrected chi connectivity index (χ4v) is 4.93. The zero-order valence-electron chi connectivity index (χ0n) is 16.4. The van der Waals surface area contributed by atoms with E-state index in [9.17, 15) is 9.59 Å². The maximum atomic E-state index is 12.8. The van der Waals surface area contributed by atoms with Gasteiger partial charge < -0.3 is 9.88 Å². The summed E-state index contributed by atoms with van der Waals surface area (Å²) in [5.74, 6) is -0.108. The Hall–Kier alpha value is -2.22. The van der Waals surface area contributed by atoms with Crippen LogP contribution in [0.4, 0.5) is 0 Å². The summed E-state index contributed by atoms with van der Waals surface area (Å²) >= 11 is 7.24. The van der Waals surface area contributed by atoms with Crippen LogP contribution in [0, 0.1) is 6.92 Å². The molecular formula is C21H23ClN4O2S. The highest BCUT2D eigenvalue weighted by molar-refractivity contribution is 7.20. The third-order valence-corrected chi connectivity index (χ3v) is 6.91. The molecule has 1 aromatic carbocycles. The van der Waals surface area contributed by atoms with Gasteiger partial charge in [-0.1, -0.05) is 23.7 Å². The minimum atomic E-state index is -0.113. The Balaban J connectivity index is 1.38. The number of halogens is 1. The first-order valence-corrected chi connectivity index (χ1v) is 10.8. The van der Waals surface area contributed by atoms with Gasteiger partial charge in [0.25, 0.3) is 11.5 Å². The van der Waals surface area contributed by atoms with Crippen LogP contribution >= 0.6 is 22.9 Å². The molecule has 0 radical (unpaired) electrons. The van der Waals surface area contributed by atoms with Crippen molar-refractivity contribution in [1.82, 2.24) is 19.8 Å². The van der Waals surface area contributed by atoms with Gasteiger partial charge in [-0.3, -0.25) is 14.5 Å². The molecule has 3 aromatic rings. The number of nitrogens with zero attached hydrogens (tertiary/aromatic N) is 3. The number of rotatable bonds is 4. The molecule has 1 aliphatic rings. The molecule has 0 saturated carbocycles. The molecule has 1 fully saturated rings. The molecule has 1 aliphatic heterocycles. The number of nitrogens with one attached hydrogen (secondary N) is 1. The Morgan fingerprint density at radius 1 is 1.28 bits per heavy atom. The molecular weight excluding hydrogens is 408 g/mol. The predicted octanol–water partition coefficient (Wildman–Crippen LogP) is 3.35. The van der Waals surface area contributed by atoms with Crippen LogP contribution in [-0.4, -0.2) is 39.5 Å². The number of hydrogen-bond donors (Lipinski definition) is 1. The fourth-order valence-electron chi connectivity index (χ4n) is 3.76. The van der Waals surface area contributed by atoms with Crippen molar-refractivity contribution in [3.05, 3.63) is 62.0 Å². The van der Waals surface area contributed by atoms with Crippen molar-refractivity contribution in [1.29, 1.82) is 0 Å². The molecule has 3 heterocycles. The predicted molar refractivity (Wildman–Crippen MR) is 117 cm³/mol. The summed E-state index contributed by atoms with van der Waals surface area (Å²) in [5, 5.41) is 4.45. The van der Waals surface area contributed by atoms with Crippen molar-refractivity contribution < 1.29 is 4.79 Å². The molecule has 1 amide bonds. The summed E-state index contributed by atoms with van der Waals surface area (Å²) in [6.07, 6.45) is 3.31. The van der Waals surface area contributed by atoms with Crippen LogP contribution in [0.2, 0.25) is 5.02 Å². The Bertz CT molecular complexity index is 1100. The number of aryl methyl sites for hydroxylation is 2. The average Bonchev–Trinajstić information content (AvgIpc) is 3.05. The van der Waals surface area contributed by atoms with Crippen molar-refractivity contribution in [2.75, 3.05) is 13.1 Å². The highest BCUT2D eigenvalue weighted by atomic mass is 35.5. The van der Waals surface area contributed by atoms with Gasteiger partial charge in [-0.15, -0.1) is 11.3 Å². The van der Waals surface area contributed by atoms with Gasteiger partial charge in [0.15, 0.2) is 0 Å². The number of carbonyl (C=O) groups is 1. The van der Waals surface area contributed by atoms with Crippen LogP contribution in [0.15, 0.2) is 35.4 Å². The summed E-state index contributed by atoms with van der Waals surface area (Å²) in [4.78, 5) is 33.1. The monoisotopic (exact) mass is 430 g/mol. The lowest BCUT2D eigenvalue weighted by Gasteiger charge is -2.32. The van der Waals surface area contributed by atoms with Gasteiger partial charge in [0, 0.05) is 37.7 Å². The van der Waals surface area contributed by atoms with E-state index in [0.717, 1.165) is 43.1 Å². The van der Waals surface area contributed by atoms with Crippen LogP contribution in [0.3, 0.4) is 0 Å². The van der Waals surface area contributed by atoms with Gasteiger partial charge in [0.2, 0.25) is 0 Å². The lowest BCUT2D eigenvalue weighted by molar-refractivity contribution is 0.0912. The average molecular weight is 431 g/mol. The summed E-state index contributed by atoms with van der Waals surface area (Å²) < 4.78 is 1.44. The Kier molecular flexibility index (Phi) is 5.72. The fraction of sp³-hybridized carbons (Fsp3) is 0.381. The highest BCUT2D eigenvalue weighted by Crippen LogP contribution is 2.27. The Morgan fingerprint density at radius 3 is 2.66 bits per heavy atom. The molecule has 4 rings (SSSR count). The number of hydrogen-bond acceptors (Lipinski definition) is 5. The van der Waals surface area contributed by atoms with Crippen molar-refractivity contribution in [3.63, 3.8) is 0 Å². The number of amides is 1. The molecule has 152 valence electrons. The van der Waals surface area contributed by atoms with Crippen molar-refractivity contribution in [3.8, 4) is 0 Å². The lowest BCUT2D eigenvalue weighted by atomic mass is 10.0. The van der Waals surface area contributed by atoms with Crippen LogP contribution < -0.4 is 10.9 Å². The van der Waals surface area contributed by atoms with Crippen LogP contribution in [0.25, 0.3) is 10.2 Å². The number of fused-ring (bicyclic) bond motifs is 1. The second-order valence-corrected chi connectivity index (χ2v) is 8.98. The Morgan fingerprint density at radius 2 is 1.97 bits per heavy atom. The van der Waals surface area contributed by atoms with Gasteiger partial charge in [-0.25, -0.2) is 4.98 Å². The molecule has 0 aliphatic carbocycles. The summed E-state index contributed by atoms with van der Waals surface area (Å²) in [7, 11) is 1.67. The van der Waals surface area contributed by atoms with Gasteiger partial charge in [0.1, 0.15) is 4.83 Å². The molecule has 0 atom stereocenters. The number of aromatic nitrogens is 2. The normalized spacial score (nSPS) is 15.7. The standard InChI is InChI=1S/C21H23ClN4O2S/c1-13-17-20(23-12-25(2)21(17)28)29-18(13)19(27)24-16-7-9-26(10-8-16)11-14-3-5-15(22)6-4-14/h3-6,12,16H,7-11H2,1-2H3,(H,24,27). The van der Waals surface area contributed by atoms with Crippen LogP contribution in [0.1, 0.15) is 33.6 Å². The van der Waals surface area contributed by atoms with E-state index in [0.29, 0.717) is 15.1 Å². The maximum Gasteiger partial charge on any atom is 0.262 e. The summed E-state index contributed by atoms with van der Waals surface area (Å²) in [6, 6.07) is 8.08.